The molecule has 0 fully saturated rings. The van der Waals surface area contributed by atoms with Gasteiger partial charge in [0.15, 0.2) is 5.22 Å². The van der Waals surface area contributed by atoms with Crippen LogP contribution in [0.4, 0.5) is 43.9 Å². The molecule has 0 radical (unpaired) electrons. The molecule has 0 rings (SSSR count). The van der Waals surface area contributed by atoms with Crippen molar-refractivity contribution in [3.8, 4) is 0 Å². The predicted octanol–water partition coefficient (Wildman–Crippen LogP) is 4.44. The van der Waals surface area contributed by atoms with Crippen molar-refractivity contribution >= 4 is 11.6 Å². The minimum atomic E-state index is -6.73. The number of halogens is 11. The molecule has 0 unspecified atom stereocenters. The molecule has 0 amide bonds. The first-order chi connectivity index (χ1) is 7.60. The first-order valence-corrected chi connectivity index (χ1v) is 3.94. The fourth-order valence-electron chi connectivity index (χ4n) is 0.510. The van der Waals surface area contributed by atoms with Gasteiger partial charge < -0.3 is 4.74 Å². The predicted molar refractivity (Wildman–Crippen MR) is 37.0 cm³/mol. The largest absolute Gasteiger partial charge is 0.475 e. The van der Waals surface area contributed by atoms with Crippen molar-refractivity contribution in [1.29, 1.82) is 0 Å². The van der Waals surface area contributed by atoms with Crippen LogP contribution in [0.15, 0.2) is 11.3 Å². The Hall–Kier alpha value is -0.870. The maximum atomic E-state index is 12.3. The average molecular weight is 315 g/mol. The second-order valence-corrected chi connectivity index (χ2v) is 3.05. The summed E-state index contributed by atoms with van der Waals surface area (Å²) in [7, 11) is 0. The van der Waals surface area contributed by atoms with Gasteiger partial charge in [-0.2, -0.15) is 43.9 Å². The fourth-order valence-corrected chi connectivity index (χ4v) is 0.730. The Kier molecular flexibility index (Phi) is 4.44. The summed E-state index contributed by atoms with van der Waals surface area (Å²) in [4.78, 5) is 0. The molecule has 0 atom stereocenters. The molecule has 0 aromatic heterocycles. The molecule has 18 heavy (non-hydrogen) atoms. The van der Waals surface area contributed by atoms with Gasteiger partial charge in [0.05, 0.1) is 6.08 Å². The van der Waals surface area contributed by atoms with Gasteiger partial charge in [0.1, 0.15) is 0 Å². The lowest BCUT2D eigenvalue weighted by Gasteiger charge is -2.27. The Balaban J connectivity index is 5.15. The van der Waals surface area contributed by atoms with Crippen molar-refractivity contribution in [2.24, 2.45) is 0 Å². The van der Waals surface area contributed by atoms with Gasteiger partial charge in [-0.15, -0.1) is 0 Å². The highest BCUT2D eigenvalue weighted by atomic mass is 35.5. The molecule has 0 spiro atoms. The molecular formula is C6HClF10O. The summed E-state index contributed by atoms with van der Waals surface area (Å²) in [5.41, 5.74) is 0. The van der Waals surface area contributed by atoms with Crippen molar-refractivity contribution in [1.82, 2.24) is 0 Å². The van der Waals surface area contributed by atoms with E-state index < -0.39 is 35.7 Å². The lowest BCUT2D eigenvalue weighted by molar-refractivity contribution is -0.414. The van der Waals surface area contributed by atoms with E-state index in [-0.39, 0.29) is 0 Å². The van der Waals surface area contributed by atoms with Crippen LogP contribution in [0.2, 0.25) is 0 Å². The molecule has 0 aliphatic carbocycles. The Morgan fingerprint density at radius 3 is 1.50 bits per heavy atom. The van der Waals surface area contributed by atoms with E-state index in [4.69, 9.17) is 0 Å². The quantitative estimate of drug-likeness (QED) is 0.553. The Morgan fingerprint density at radius 2 is 1.22 bits per heavy atom. The van der Waals surface area contributed by atoms with Gasteiger partial charge in [-0.3, -0.25) is 0 Å². The smallest absolute Gasteiger partial charge is 0.416 e. The second kappa shape index (κ2) is 4.67. The van der Waals surface area contributed by atoms with Crippen LogP contribution in [0, 0.1) is 0 Å². The zero-order valence-corrected chi connectivity index (χ0v) is 8.40. The van der Waals surface area contributed by atoms with Crippen molar-refractivity contribution in [2.75, 3.05) is 0 Å². The number of allylic oxidation sites excluding steroid dienone is 1. The Labute approximate surface area is 96.9 Å². The number of rotatable bonds is 3. The third-order valence-corrected chi connectivity index (χ3v) is 1.41. The number of hydrogen-bond acceptors (Lipinski definition) is 1. The molecule has 0 saturated heterocycles. The molecule has 0 saturated carbocycles. The second-order valence-electron chi connectivity index (χ2n) is 2.68. The zero-order chi connectivity index (χ0) is 15.0. The molecule has 12 heteroatoms. The van der Waals surface area contributed by atoms with Crippen LogP contribution in [0.1, 0.15) is 0 Å². The first kappa shape index (κ1) is 17.1. The maximum Gasteiger partial charge on any atom is 0.475 e. The number of hydrogen-bond donors (Lipinski definition) is 0. The monoisotopic (exact) mass is 314 g/mol. The van der Waals surface area contributed by atoms with Crippen LogP contribution in [0.5, 0.6) is 0 Å². The number of ether oxygens (including phenoxy) is 1. The van der Waals surface area contributed by atoms with Gasteiger partial charge in [-0.05, 0) is 11.6 Å². The standard InChI is InChI=1S/C6HClF10O/c7-2(1-3(8,9)10)18-6(16,17)4(11,12)5(13,14)15/h1H/b2-1-. The van der Waals surface area contributed by atoms with Crippen LogP contribution in [-0.4, -0.2) is 24.4 Å². The summed E-state index contributed by atoms with van der Waals surface area (Å²) in [6, 6.07) is 0. The van der Waals surface area contributed by atoms with E-state index in [1.54, 1.807) is 0 Å². The first-order valence-electron chi connectivity index (χ1n) is 3.56. The van der Waals surface area contributed by atoms with Gasteiger partial charge in [-0.1, -0.05) is 0 Å². The van der Waals surface area contributed by atoms with Crippen LogP contribution >= 0.6 is 11.6 Å². The molecular weight excluding hydrogens is 313 g/mol. The molecule has 0 aliphatic rings. The summed E-state index contributed by atoms with van der Waals surface area (Å²) in [5, 5.41) is -2.36. The van der Waals surface area contributed by atoms with Gasteiger partial charge >= 0.3 is 24.4 Å². The summed E-state index contributed by atoms with van der Waals surface area (Å²) >= 11 is 4.34. The third-order valence-electron chi connectivity index (χ3n) is 1.22. The normalized spacial score (nSPS) is 15.8. The summed E-state index contributed by atoms with van der Waals surface area (Å²) in [5.74, 6) is -6.71. The van der Waals surface area contributed by atoms with E-state index in [9.17, 15) is 43.9 Å². The lowest BCUT2D eigenvalue weighted by atomic mass is 10.3. The SMILES string of the molecule is FC(F)(F)/C=C(/Cl)OC(F)(F)C(F)(F)C(F)(F)F. The zero-order valence-electron chi connectivity index (χ0n) is 7.64. The third kappa shape index (κ3) is 4.10. The molecule has 0 aliphatic heterocycles. The average Bonchev–Trinajstić information content (AvgIpc) is 1.95. The highest BCUT2D eigenvalue weighted by molar-refractivity contribution is 6.28. The molecule has 0 aromatic carbocycles. The topological polar surface area (TPSA) is 9.23 Å². The van der Waals surface area contributed by atoms with Gasteiger partial charge in [-0.25, -0.2) is 0 Å². The van der Waals surface area contributed by atoms with Gasteiger partial charge in [0.25, 0.3) is 0 Å². The molecule has 0 bridgehead atoms. The summed E-state index contributed by atoms with van der Waals surface area (Å²) < 4.78 is 121. The molecule has 1 nitrogen and oxygen atoms in total. The summed E-state index contributed by atoms with van der Waals surface area (Å²) in [6.45, 7) is 0. The van der Waals surface area contributed by atoms with Crippen molar-refractivity contribution in [3.63, 3.8) is 0 Å². The summed E-state index contributed by atoms with van der Waals surface area (Å²) in [6.07, 6.45) is -19.6. The minimum Gasteiger partial charge on any atom is -0.416 e. The van der Waals surface area contributed by atoms with E-state index in [0.29, 0.717) is 0 Å². The maximum absolute atomic E-state index is 12.3. The van der Waals surface area contributed by atoms with Crippen molar-refractivity contribution in [2.45, 2.75) is 24.4 Å². The van der Waals surface area contributed by atoms with Crippen molar-refractivity contribution in [3.05, 3.63) is 11.3 Å². The van der Waals surface area contributed by atoms with Crippen LogP contribution in [0.3, 0.4) is 0 Å². The lowest BCUT2D eigenvalue weighted by Crippen LogP contribution is -2.53. The van der Waals surface area contributed by atoms with E-state index in [1.807, 2.05) is 0 Å². The highest BCUT2D eigenvalue weighted by Gasteiger charge is 2.75. The molecule has 0 N–H and O–H groups in total. The van der Waals surface area contributed by atoms with Gasteiger partial charge in [0, 0.05) is 0 Å². The molecule has 0 aromatic rings. The minimum absolute atomic E-state index is 1.21. The van der Waals surface area contributed by atoms with Crippen molar-refractivity contribution < 1.29 is 48.6 Å². The van der Waals surface area contributed by atoms with E-state index in [0.717, 1.165) is 0 Å². The van der Waals surface area contributed by atoms with Crippen LogP contribution < -0.4 is 0 Å². The van der Waals surface area contributed by atoms with Crippen LogP contribution in [-0.2, 0) is 4.74 Å². The van der Waals surface area contributed by atoms with Gasteiger partial charge in [0.2, 0.25) is 0 Å². The molecule has 108 valence electrons. The highest BCUT2D eigenvalue weighted by Crippen LogP contribution is 2.48. The fraction of sp³-hybridized carbons (Fsp3) is 0.667. The Bertz CT molecular complexity index is 326. The van der Waals surface area contributed by atoms with E-state index in [2.05, 4.69) is 16.3 Å². The van der Waals surface area contributed by atoms with E-state index in [1.165, 1.54) is 0 Å². The van der Waals surface area contributed by atoms with Crippen LogP contribution in [0.25, 0.3) is 0 Å². The Morgan fingerprint density at radius 1 is 0.833 bits per heavy atom. The van der Waals surface area contributed by atoms with E-state index >= 15 is 0 Å². The molecule has 0 heterocycles. The number of alkyl halides is 10.